The topological polar surface area (TPSA) is 82.1 Å². The Kier molecular flexibility index (Phi) is 3.45. The Morgan fingerprint density at radius 2 is 1.85 bits per heavy atom. The lowest BCUT2D eigenvalue weighted by Crippen LogP contribution is -2.04. The van der Waals surface area contributed by atoms with Crippen molar-refractivity contribution in [1.29, 1.82) is 0 Å². The van der Waals surface area contributed by atoms with Crippen LogP contribution in [-0.4, -0.2) is 15.1 Å². The first-order chi connectivity index (χ1) is 9.74. The quantitative estimate of drug-likeness (QED) is 0.629. The van der Waals surface area contributed by atoms with E-state index in [0.29, 0.717) is 17.6 Å². The zero-order valence-electron chi connectivity index (χ0n) is 11.0. The Balaban J connectivity index is 1.80. The molecule has 0 aliphatic heterocycles. The summed E-state index contributed by atoms with van der Waals surface area (Å²) in [4.78, 5) is 14.6. The average molecular weight is 273 g/mol. The lowest BCUT2D eigenvalue weighted by molar-refractivity contribution is -0.384. The van der Waals surface area contributed by atoms with E-state index in [1.807, 2.05) is 0 Å². The fourth-order valence-corrected chi connectivity index (χ4v) is 2.60. The van der Waals surface area contributed by atoms with Gasteiger partial charge in [0.05, 0.1) is 4.92 Å². The van der Waals surface area contributed by atoms with E-state index in [-0.39, 0.29) is 5.69 Å². The van der Waals surface area contributed by atoms with Crippen molar-refractivity contribution in [2.45, 2.75) is 38.0 Å². The molecule has 6 heteroatoms. The fourth-order valence-electron chi connectivity index (χ4n) is 2.60. The van der Waals surface area contributed by atoms with E-state index < -0.39 is 4.92 Å². The van der Waals surface area contributed by atoms with Crippen molar-refractivity contribution in [2.24, 2.45) is 0 Å². The van der Waals surface area contributed by atoms with Gasteiger partial charge in [-0.3, -0.25) is 10.1 Å². The zero-order valence-corrected chi connectivity index (χ0v) is 11.0. The van der Waals surface area contributed by atoms with Crippen molar-refractivity contribution >= 4 is 5.69 Å². The van der Waals surface area contributed by atoms with Crippen molar-refractivity contribution in [1.82, 2.24) is 10.1 Å². The maximum Gasteiger partial charge on any atom is 0.269 e. The van der Waals surface area contributed by atoms with Gasteiger partial charge < -0.3 is 4.52 Å². The van der Waals surface area contributed by atoms with Crippen LogP contribution >= 0.6 is 0 Å². The van der Waals surface area contributed by atoms with E-state index in [1.54, 1.807) is 12.1 Å². The second-order valence-electron chi connectivity index (χ2n) is 5.10. The van der Waals surface area contributed by atoms with Gasteiger partial charge in [0.1, 0.15) is 0 Å². The summed E-state index contributed by atoms with van der Waals surface area (Å²) in [6.07, 6.45) is 5.89. The summed E-state index contributed by atoms with van der Waals surface area (Å²) in [5, 5.41) is 14.6. The van der Waals surface area contributed by atoms with E-state index in [9.17, 15) is 10.1 Å². The molecule has 1 aliphatic carbocycles. The molecule has 1 aliphatic rings. The van der Waals surface area contributed by atoms with Crippen LogP contribution in [0.3, 0.4) is 0 Å². The summed E-state index contributed by atoms with van der Waals surface area (Å²) < 4.78 is 5.34. The molecule has 104 valence electrons. The second-order valence-corrected chi connectivity index (χ2v) is 5.10. The van der Waals surface area contributed by atoms with Gasteiger partial charge in [-0.1, -0.05) is 24.4 Å². The third-order valence-electron chi connectivity index (χ3n) is 3.73. The minimum absolute atomic E-state index is 0.0600. The van der Waals surface area contributed by atoms with Gasteiger partial charge in [0, 0.05) is 23.6 Å². The Morgan fingerprint density at radius 3 is 2.50 bits per heavy atom. The van der Waals surface area contributed by atoms with Gasteiger partial charge in [-0.05, 0) is 25.0 Å². The zero-order chi connectivity index (χ0) is 13.9. The highest BCUT2D eigenvalue weighted by molar-refractivity contribution is 5.56. The molecule has 3 rings (SSSR count). The van der Waals surface area contributed by atoms with Gasteiger partial charge in [0.2, 0.25) is 11.7 Å². The first-order valence-corrected chi connectivity index (χ1v) is 6.82. The Bertz CT molecular complexity index is 600. The number of non-ortho nitro benzene ring substituents is 1. The first-order valence-electron chi connectivity index (χ1n) is 6.82. The van der Waals surface area contributed by atoms with Crippen molar-refractivity contribution in [3.8, 4) is 11.4 Å². The number of hydrogen-bond acceptors (Lipinski definition) is 5. The highest BCUT2D eigenvalue weighted by Gasteiger charge is 2.22. The lowest BCUT2D eigenvalue weighted by Gasteiger charge is -2.17. The summed E-state index contributed by atoms with van der Waals surface area (Å²) in [5.74, 6) is 1.56. The number of rotatable bonds is 3. The van der Waals surface area contributed by atoms with Crippen molar-refractivity contribution in [3.05, 3.63) is 40.3 Å². The van der Waals surface area contributed by atoms with Crippen LogP contribution in [0, 0.1) is 10.1 Å². The van der Waals surface area contributed by atoms with Gasteiger partial charge in [0.15, 0.2) is 0 Å². The molecule has 0 spiro atoms. The van der Waals surface area contributed by atoms with Gasteiger partial charge >= 0.3 is 0 Å². The first kappa shape index (κ1) is 12.8. The molecule has 0 N–H and O–H groups in total. The molecule has 1 aromatic heterocycles. The van der Waals surface area contributed by atoms with Crippen LogP contribution in [0.25, 0.3) is 11.4 Å². The van der Waals surface area contributed by atoms with E-state index in [0.717, 1.165) is 18.4 Å². The molecular weight excluding hydrogens is 258 g/mol. The summed E-state index contributed by atoms with van der Waals surface area (Å²) >= 11 is 0. The number of nitro groups is 1. The van der Waals surface area contributed by atoms with Gasteiger partial charge in [0.25, 0.3) is 5.69 Å². The van der Waals surface area contributed by atoms with Crippen molar-refractivity contribution < 1.29 is 9.45 Å². The van der Waals surface area contributed by atoms with Gasteiger partial charge in [-0.2, -0.15) is 4.98 Å². The van der Waals surface area contributed by atoms with Crippen LogP contribution in [0.15, 0.2) is 28.8 Å². The maximum absolute atomic E-state index is 10.6. The molecule has 1 heterocycles. The summed E-state index contributed by atoms with van der Waals surface area (Å²) in [6.45, 7) is 0. The van der Waals surface area contributed by atoms with Crippen LogP contribution in [0.5, 0.6) is 0 Å². The van der Waals surface area contributed by atoms with E-state index in [2.05, 4.69) is 10.1 Å². The Hall–Kier alpha value is -2.24. The number of aromatic nitrogens is 2. The van der Waals surface area contributed by atoms with Crippen LogP contribution in [-0.2, 0) is 0 Å². The van der Waals surface area contributed by atoms with Crippen LogP contribution < -0.4 is 0 Å². The molecule has 20 heavy (non-hydrogen) atoms. The smallest absolute Gasteiger partial charge is 0.269 e. The summed E-state index contributed by atoms with van der Waals surface area (Å²) in [5.41, 5.74) is 0.797. The second kappa shape index (κ2) is 5.40. The molecule has 6 nitrogen and oxygen atoms in total. The number of nitro benzene ring substituents is 1. The molecule has 1 fully saturated rings. The van der Waals surface area contributed by atoms with Gasteiger partial charge in [-0.15, -0.1) is 0 Å². The van der Waals surface area contributed by atoms with E-state index >= 15 is 0 Å². The molecule has 2 aromatic rings. The van der Waals surface area contributed by atoms with Crippen LogP contribution in [0.2, 0.25) is 0 Å². The Labute approximate surface area is 116 Å². The predicted octanol–water partition coefficient (Wildman–Crippen LogP) is 3.69. The molecule has 1 aromatic carbocycles. The largest absolute Gasteiger partial charge is 0.339 e. The maximum atomic E-state index is 10.6. The highest BCUT2D eigenvalue weighted by atomic mass is 16.6. The van der Waals surface area contributed by atoms with Crippen molar-refractivity contribution in [2.75, 3.05) is 0 Å². The SMILES string of the molecule is O=[N+]([O-])c1ccc(-c2noc(C3CCCCC3)n2)cc1. The Morgan fingerprint density at radius 1 is 1.15 bits per heavy atom. The van der Waals surface area contributed by atoms with Crippen LogP contribution in [0.4, 0.5) is 5.69 Å². The number of hydrogen-bond donors (Lipinski definition) is 0. The molecular formula is C14H15N3O3. The molecule has 1 saturated carbocycles. The minimum atomic E-state index is -0.423. The third-order valence-corrected chi connectivity index (χ3v) is 3.73. The molecule has 0 radical (unpaired) electrons. The summed E-state index contributed by atoms with van der Waals surface area (Å²) in [6, 6.07) is 6.19. The monoisotopic (exact) mass is 273 g/mol. The predicted molar refractivity (Wildman–Crippen MR) is 72.2 cm³/mol. The van der Waals surface area contributed by atoms with E-state index in [4.69, 9.17) is 4.52 Å². The van der Waals surface area contributed by atoms with Crippen molar-refractivity contribution in [3.63, 3.8) is 0 Å². The molecule has 0 saturated heterocycles. The third kappa shape index (κ3) is 2.54. The highest BCUT2D eigenvalue weighted by Crippen LogP contribution is 2.32. The molecule has 0 unspecified atom stereocenters. The number of benzene rings is 1. The molecule has 0 atom stereocenters. The fraction of sp³-hybridized carbons (Fsp3) is 0.429. The normalized spacial score (nSPS) is 16.2. The summed E-state index contributed by atoms with van der Waals surface area (Å²) in [7, 11) is 0. The standard InChI is InChI=1S/C14H15N3O3/c18-17(19)12-8-6-10(7-9-12)13-15-14(20-16-13)11-4-2-1-3-5-11/h6-9,11H,1-5H2. The lowest BCUT2D eigenvalue weighted by atomic mass is 9.89. The van der Waals surface area contributed by atoms with E-state index in [1.165, 1.54) is 31.4 Å². The molecule has 0 amide bonds. The van der Waals surface area contributed by atoms with Gasteiger partial charge in [-0.25, -0.2) is 0 Å². The minimum Gasteiger partial charge on any atom is -0.339 e. The average Bonchev–Trinajstić information content (AvgIpc) is 2.98. The number of nitrogens with zero attached hydrogens (tertiary/aromatic N) is 3. The van der Waals surface area contributed by atoms with Crippen LogP contribution in [0.1, 0.15) is 43.9 Å². The molecule has 0 bridgehead atoms.